The van der Waals surface area contributed by atoms with Crippen LogP contribution in [0, 0.1) is 6.92 Å². The number of rotatable bonds is 2. The molecular formula is C21H27N3O5. The van der Waals surface area contributed by atoms with Crippen LogP contribution >= 0.6 is 0 Å². The topological polar surface area (TPSA) is 99.2 Å². The number of fused-ring (bicyclic) bond motifs is 1. The molecule has 0 aromatic heterocycles. The summed E-state index contributed by atoms with van der Waals surface area (Å²) in [7, 11) is 0. The first kappa shape index (κ1) is 19.7. The highest BCUT2D eigenvalue weighted by molar-refractivity contribution is 5.98. The fraction of sp³-hybridized carbons (Fsp3) is 0.571. The molecule has 29 heavy (non-hydrogen) atoms. The molecule has 8 heteroatoms. The smallest absolute Gasteiger partial charge is 0.258 e. The zero-order valence-corrected chi connectivity index (χ0v) is 16.6. The van der Waals surface area contributed by atoms with Gasteiger partial charge in [0.2, 0.25) is 11.8 Å². The van der Waals surface area contributed by atoms with Crippen molar-refractivity contribution >= 4 is 17.7 Å². The van der Waals surface area contributed by atoms with E-state index in [0.717, 1.165) is 5.56 Å². The average Bonchev–Trinajstić information content (AvgIpc) is 2.83. The number of carbonyl (C=O) groups is 3. The first-order valence-electron chi connectivity index (χ1n) is 10.2. The molecule has 3 aliphatic rings. The molecule has 2 saturated heterocycles. The van der Waals surface area contributed by atoms with E-state index in [4.69, 9.17) is 4.74 Å². The van der Waals surface area contributed by atoms with Crippen LogP contribution in [0.1, 0.15) is 48.0 Å². The van der Waals surface area contributed by atoms with Crippen LogP contribution in [0.2, 0.25) is 0 Å². The van der Waals surface area contributed by atoms with E-state index in [-0.39, 0.29) is 36.8 Å². The summed E-state index contributed by atoms with van der Waals surface area (Å²) in [5, 5.41) is 12.6. The van der Waals surface area contributed by atoms with Gasteiger partial charge in [0.25, 0.3) is 5.91 Å². The highest BCUT2D eigenvalue weighted by Gasteiger charge is 2.43. The van der Waals surface area contributed by atoms with Crippen LogP contribution in [0.5, 0.6) is 5.75 Å². The number of benzene rings is 1. The van der Waals surface area contributed by atoms with Crippen LogP contribution in [0.3, 0.4) is 0 Å². The van der Waals surface area contributed by atoms with E-state index >= 15 is 0 Å². The standard InChI is InChI=1S/C21H27N3O5/c1-14-2-3-17-16(12-14)20(28)22-21(29-17)7-4-18(26)24(11-8-21)13-19(27)23-9-5-15(25)6-10-23/h2-3,12,15,25H,4-11,13H2,1H3,(H,22,28)/t21-/m1/s1. The summed E-state index contributed by atoms with van der Waals surface area (Å²) in [6, 6.07) is 5.48. The molecule has 1 aromatic carbocycles. The number of carbonyl (C=O) groups excluding carboxylic acids is 3. The number of amides is 3. The van der Waals surface area contributed by atoms with Crippen molar-refractivity contribution in [1.82, 2.24) is 15.1 Å². The Morgan fingerprint density at radius 1 is 1.24 bits per heavy atom. The predicted molar refractivity (Wildman–Crippen MR) is 104 cm³/mol. The fourth-order valence-corrected chi connectivity index (χ4v) is 4.23. The Morgan fingerprint density at radius 2 is 2.00 bits per heavy atom. The van der Waals surface area contributed by atoms with Gasteiger partial charge in [-0.1, -0.05) is 11.6 Å². The summed E-state index contributed by atoms with van der Waals surface area (Å²) in [5.41, 5.74) is 0.553. The molecule has 3 heterocycles. The molecule has 3 amide bonds. The Balaban J connectivity index is 1.43. The number of aliphatic hydroxyl groups is 1. The quantitative estimate of drug-likeness (QED) is 0.764. The molecule has 0 bridgehead atoms. The van der Waals surface area contributed by atoms with Gasteiger partial charge in [-0.15, -0.1) is 0 Å². The van der Waals surface area contributed by atoms with Crippen LogP contribution in [-0.4, -0.2) is 70.6 Å². The first-order valence-corrected chi connectivity index (χ1v) is 10.2. The molecule has 0 unspecified atom stereocenters. The molecule has 3 aliphatic heterocycles. The maximum atomic E-state index is 12.6. The van der Waals surface area contributed by atoms with Crippen molar-refractivity contribution in [1.29, 1.82) is 0 Å². The third-order valence-corrected chi connectivity index (χ3v) is 6.05. The van der Waals surface area contributed by atoms with Crippen molar-refractivity contribution in [2.75, 3.05) is 26.2 Å². The van der Waals surface area contributed by atoms with Crippen molar-refractivity contribution in [2.45, 2.75) is 50.9 Å². The maximum Gasteiger partial charge on any atom is 0.258 e. The van der Waals surface area contributed by atoms with E-state index in [0.29, 0.717) is 56.6 Å². The second-order valence-electron chi connectivity index (χ2n) is 8.23. The normalized spacial score (nSPS) is 25.3. The Bertz CT molecular complexity index is 834. The van der Waals surface area contributed by atoms with Gasteiger partial charge in [-0.05, 0) is 31.9 Å². The van der Waals surface area contributed by atoms with E-state index in [9.17, 15) is 19.5 Å². The van der Waals surface area contributed by atoms with Gasteiger partial charge in [-0.3, -0.25) is 14.4 Å². The third-order valence-electron chi connectivity index (χ3n) is 6.05. The van der Waals surface area contributed by atoms with Crippen molar-refractivity contribution in [3.63, 3.8) is 0 Å². The minimum absolute atomic E-state index is 0.0226. The van der Waals surface area contributed by atoms with Gasteiger partial charge in [-0.2, -0.15) is 0 Å². The number of likely N-dealkylation sites (tertiary alicyclic amines) is 2. The minimum Gasteiger partial charge on any atom is -0.467 e. The van der Waals surface area contributed by atoms with Gasteiger partial charge in [0.1, 0.15) is 5.75 Å². The number of aryl methyl sites for hydroxylation is 1. The van der Waals surface area contributed by atoms with Crippen molar-refractivity contribution in [2.24, 2.45) is 0 Å². The van der Waals surface area contributed by atoms with E-state index < -0.39 is 5.72 Å². The lowest BCUT2D eigenvalue weighted by Crippen LogP contribution is -2.56. The van der Waals surface area contributed by atoms with E-state index in [1.54, 1.807) is 21.9 Å². The molecule has 2 fully saturated rings. The first-order chi connectivity index (χ1) is 13.8. The number of hydrogen-bond donors (Lipinski definition) is 2. The summed E-state index contributed by atoms with van der Waals surface area (Å²) in [6.07, 6.45) is 1.78. The van der Waals surface area contributed by atoms with E-state index in [1.807, 2.05) is 13.0 Å². The molecule has 2 N–H and O–H groups in total. The number of hydrogen-bond acceptors (Lipinski definition) is 5. The second kappa shape index (κ2) is 7.67. The average molecular weight is 401 g/mol. The maximum absolute atomic E-state index is 12.6. The summed E-state index contributed by atoms with van der Waals surface area (Å²) in [4.78, 5) is 41.1. The van der Waals surface area contributed by atoms with Crippen LogP contribution < -0.4 is 10.1 Å². The van der Waals surface area contributed by atoms with Crippen molar-refractivity contribution in [3.8, 4) is 5.75 Å². The summed E-state index contributed by atoms with van der Waals surface area (Å²) >= 11 is 0. The molecule has 0 saturated carbocycles. The van der Waals surface area contributed by atoms with Crippen molar-refractivity contribution in [3.05, 3.63) is 29.3 Å². The fourth-order valence-electron chi connectivity index (χ4n) is 4.23. The Hall–Kier alpha value is -2.61. The van der Waals surface area contributed by atoms with Gasteiger partial charge < -0.3 is 25.0 Å². The highest BCUT2D eigenvalue weighted by atomic mass is 16.5. The Kier molecular flexibility index (Phi) is 5.21. The largest absolute Gasteiger partial charge is 0.467 e. The molecule has 0 aliphatic carbocycles. The second-order valence-corrected chi connectivity index (χ2v) is 8.23. The number of aliphatic hydroxyl groups excluding tert-OH is 1. The Labute approximate surface area is 169 Å². The van der Waals surface area contributed by atoms with Crippen LogP contribution in [0.25, 0.3) is 0 Å². The lowest BCUT2D eigenvalue weighted by atomic mass is 9.99. The van der Waals surface area contributed by atoms with E-state index in [1.165, 1.54) is 0 Å². The number of ether oxygens (including phenoxy) is 1. The SMILES string of the molecule is Cc1ccc2c(c1)C(=O)N[C@]1(CCC(=O)N(CC(=O)N3CCC(O)CC3)CC1)O2. The molecule has 8 nitrogen and oxygen atoms in total. The van der Waals surface area contributed by atoms with Gasteiger partial charge in [0, 0.05) is 38.9 Å². The summed E-state index contributed by atoms with van der Waals surface area (Å²) < 4.78 is 6.16. The summed E-state index contributed by atoms with van der Waals surface area (Å²) in [6.45, 7) is 3.31. The molecule has 156 valence electrons. The van der Waals surface area contributed by atoms with E-state index in [2.05, 4.69) is 5.32 Å². The molecular weight excluding hydrogens is 374 g/mol. The molecule has 0 radical (unpaired) electrons. The van der Waals surface area contributed by atoms with Crippen molar-refractivity contribution < 1.29 is 24.2 Å². The lowest BCUT2D eigenvalue weighted by molar-refractivity contribution is -0.141. The van der Waals surface area contributed by atoms with Gasteiger partial charge in [0.05, 0.1) is 18.2 Å². The number of piperidine rings is 1. The monoisotopic (exact) mass is 401 g/mol. The van der Waals surface area contributed by atoms with Gasteiger partial charge in [-0.25, -0.2) is 0 Å². The zero-order valence-electron chi connectivity index (χ0n) is 16.6. The summed E-state index contributed by atoms with van der Waals surface area (Å²) in [5.74, 6) is 0.123. The van der Waals surface area contributed by atoms with Gasteiger partial charge in [0.15, 0.2) is 5.72 Å². The highest BCUT2D eigenvalue weighted by Crippen LogP contribution is 2.34. The Morgan fingerprint density at radius 3 is 2.76 bits per heavy atom. The molecule has 1 spiro atoms. The molecule has 1 atom stereocenters. The minimum atomic E-state index is -0.929. The molecule has 1 aromatic rings. The number of nitrogens with zero attached hydrogens (tertiary/aromatic N) is 2. The number of nitrogens with one attached hydrogen (secondary N) is 1. The van der Waals surface area contributed by atoms with Gasteiger partial charge >= 0.3 is 0 Å². The van der Waals surface area contributed by atoms with Crippen LogP contribution in [0.15, 0.2) is 18.2 Å². The lowest BCUT2D eigenvalue weighted by Gasteiger charge is -2.38. The predicted octanol–water partition coefficient (Wildman–Crippen LogP) is 0.809. The van der Waals surface area contributed by atoms with Crippen LogP contribution in [-0.2, 0) is 9.59 Å². The van der Waals surface area contributed by atoms with Crippen LogP contribution in [0.4, 0.5) is 0 Å². The third kappa shape index (κ3) is 4.07. The molecule has 4 rings (SSSR count). The zero-order chi connectivity index (χ0) is 20.6.